The van der Waals surface area contributed by atoms with Crippen molar-refractivity contribution in [1.29, 1.82) is 0 Å². The molecule has 1 aliphatic carbocycles. The summed E-state index contributed by atoms with van der Waals surface area (Å²) in [7, 11) is 1.82. The van der Waals surface area contributed by atoms with Gasteiger partial charge in [-0.1, -0.05) is 0 Å². The Morgan fingerprint density at radius 3 is 2.96 bits per heavy atom. The third kappa shape index (κ3) is 2.22. The molecular formula is C16H20N4O3. The molecule has 1 saturated heterocycles. The predicted octanol–water partition coefficient (Wildman–Crippen LogP) is 0.628. The Labute approximate surface area is 133 Å². The number of ether oxygens (including phenoxy) is 1. The minimum absolute atomic E-state index is 0.00139. The second kappa shape index (κ2) is 5.28. The number of pyridine rings is 1. The molecule has 0 unspecified atom stereocenters. The van der Waals surface area contributed by atoms with Crippen LogP contribution in [0.25, 0.3) is 11.0 Å². The van der Waals surface area contributed by atoms with Crippen LogP contribution in [0.1, 0.15) is 29.6 Å². The molecular weight excluding hydrogens is 296 g/mol. The third-order valence-electron chi connectivity index (χ3n) is 5.38. The molecule has 1 aliphatic heterocycles. The number of hydrogen-bond acceptors (Lipinski definition) is 5. The molecule has 0 bridgehead atoms. The standard InChI is InChI=1S/C16H20N4O3/c1-20-14-10(9-18-20)6-11(8-17-14)15(22)19-12-7-13(21)16(12)2-4-23-5-3-16/h6,8-9,12-13,21H,2-5,7H2,1H3,(H,19,22)/t12-,13-/m1/s1. The van der Waals surface area contributed by atoms with Crippen molar-refractivity contribution in [2.75, 3.05) is 13.2 Å². The SMILES string of the molecule is Cn1ncc2cc(C(=O)N[C@@H]3C[C@@H](O)C34CCOCC4)cnc21. The summed E-state index contributed by atoms with van der Waals surface area (Å²) in [5, 5.41) is 18.2. The van der Waals surface area contributed by atoms with Crippen molar-refractivity contribution in [2.45, 2.75) is 31.4 Å². The lowest BCUT2D eigenvalue weighted by Crippen LogP contribution is -2.65. The van der Waals surface area contributed by atoms with E-state index >= 15 is 0 Å². The highest BCUT2D eigenvalue weighted by atomic mass is 16.5. The molecule has 1 saturated carbocycles. The van der Waals surface area contributed by atoms with Gasteiger partial charge in [0.15, 0.2) is 5.65 Å². The zero-order chi connectivity index (χ0) is 16.0. The van der Waals surface area contributed by atoms with Gasteiger partial charge in [-0.3, -0.25) is 9.48 Å². The van der Waals surface area contributed by atoms with Crippen LogP contribution in [-0.2, 0) is 11.8 Å². The molecule has 2 aromatic heterocycles. The summed E-state index contributed by atoms with van der Waals surface area (Å²) < 4.78 is 7.07. The van der Waals surface area contributed by atoms with Gasteiger partial charge in [-0.25, -0.2) is 4.98 Å². The van der Waals surface area contributed by atoms with Gasteiger partial charge < -0.3 is 15.2 Å². The van der Waals surface area contributed by atoms with E-state index in [4.69, 9.17) is 4.74 Å². The Morgan fingerprint density at radius 2 is 2.22 bits per heavy atom. The number of carbonyl (C=O) groups is 1. The minimum atomic E-state index is -0.351. The fourth-order valence-electron chi connectivity index (χ4n) is 3.81. The number of hydrogen-bond donors (Lipinski definition) is 2. The van der Waals surface area contributed by atoms with Crippen LogP contribution in [-0.4, -0.2) is 51.1 Å². The minimum Gasteiger partial charge on any atom is -0.392 e. The number of aliphatic hydroxyl groups is 1. The summed E-state index contributed by atoms with van der Waals surface area (Å²) in [4.78, 5) is 16.8. The number of carbonyl (C=O) groups excluding carboxylic acids is 1. The maximum absolute atomic E-state index is 12.5. The van der Waals surface area contributed by atoms with Crippen LogP contribution in [0.2, 0.25) is 0 Å². The molecule has 2 aromatic rings. The summed E-state index contributed by atoms with van der Waals surface area (Å²) in [5.74, 6) is -0.147. The number of aliphatic hydroxyl groups excluding tert-OH is 1. The van der Waals surface area contributed by atoms with Crippen molar-refractivity contribution >= 4 is 16.9 Å². The van der Waals surface area contributed by atoms with E-state index in [-0.39, 0.29) is 23.5 Å². The van der Waals surface area contributed by atoms with Crippen LogP contribution in [0.5, 0.6) is 0 Å². The second-order valence-electron chi connectivity index (χ2n) is 6.53. The number of nitrogens with zero attached hydrogens (tertiary/aromatic N) is 3. The first-order valence-corrected chi connectivity index (χ1v) is 7.94. The zero-order valence-electron chi connectivity index (χ0n) is 13.0. The first-order chi connectivity index (χ1) is 11.1. The second-order valence-corrected chi connectivity index (χ2v) is 6.53. The smallest absolute Gasteiger partial charge is 0.253 e. The summed E-state index contributed by atoms with van der Waals surface area (Å²) in [6.07, 6.45) is 5.11. The maximum Gasteiger partial charge on any atom is 0.253 e. The van der Waals surface area contributed by atoms with Crippen LogP contribution in [0.15, 0.2) is 18.5 Å². The van der Waals surface area contributed by atoms with Crippen molar-refractivity contribution in [3.8, 4) is 0 Å². The van der Waals surface area contributed by atoms with Crippen molar-refractivity contribution in [1.82, 2.24) is 20.1 Å². The first-order valence-electron chi connectivity index (χ1n) is 7.94. The number of fused-ring (bicyclic) bond motifs is 1. The fraction of sp³-hybridized carbons (Fsp3) is 0.562. The summed E-state index contributed by atoms with van der Waals surface area (Å²) in [6.45, 7) is 1.29. The van der Waals surface area contributed by atoms with Crippen molar-refractivity contribution in [3.63, 3.8) is 0 Å². The third-order valence-corrected chi connectivity index (χ3v) is 5.38. The topological polar surface area (TPSA) is 89.3 Å². The van der Waals surface area contributed by atoms with Crippen LogP contribution in [0.3, 0.4) is 0 Å². The van der Waals surface area contributed by atoms with E-state index in [9.17, 15) is 9.90 Å². The number of aromatic nitrogens is 3. The summed E-state index contributed by atoms with van der Waals surface area (Å²) in [6, 6.07) is 1.80. The van der Waals surface area contributed by atoms with Crippen LogP contribution in [0, 0.1) is 5.41 Å². The normalized spacial score (nSPS) is 26.2. The molecule has 7 nitrogen and oxygen atoms in total. The molecule has 23 heavy (non-hydrogen) atoms. The average Bonchev–Trinajstić information content (AvgIpc) is 2.96. The zero-order valence-corrected chi connectivity index (χ0v) is 13.0. The van der Waals surface area contributed by atoms with Crippen molar-refractivity contribution < 1.29 is 14.6 Å². The highest BCUT2D eigenvalue weighted by molar-refractivity contribution is 5.97. The number of aryl methyl sites for hydroxylation is 1. The molecule has 2 fully saturated rings. The highest BCUT2D eigenvalue weighted by Crippen LogP contribution is 2.49. The largest absolute Gasteiger partial charge is 0.392 e. The lowest BCUT2D eigenvalue weighted by Gasteiger charge is -2.55. The Balaban J connectivity index is 1.52. The van der Waals surface area contributed by atoms with Crippen LogP contribution < -0.4 is 5.32 Å². The van der Waals surface area contributed by atoms with Gasteiger partial charge in [0.05, 0.1) is 17.9 Å². The maximum atomic E-state index is 12.5. The highest BCUT2D eigenvalue weighted by Gasteiger charge is 2.55. The van der Waals surface area contributed by atoms with E-state index in [2.05, 4.69) is 15.4 Å². The Kier molecular flexibility index (Phi) is 3.35. The molecule has 7 heteroatoms. The van der Waals surface area contributed by atoms with Crippen LogP contribution >= 0.6 is 0 Å². The lowest BCUT2D eigenvalue weighted by atomic mass is 9.58. The monoisotopic (exact) mass is 316 g/mol. The van der Waals surface area contributed by atoms with E-state index in [1.54, 1.807) is 23.1 Å². The van der Waals surface area contributed by atoms with Crippen molar-refractivity contribution in [3.05, 3.63) is 24.0 Å². The van der Waals surface area contributed by atoms with E-state index in [1.807, 2.05) is 7.05 Å². The van der Waals surface area contributed by atoms with Gasteiger partial charge in [-0.2, -0.15) is 5.10 Å². The van der Waals surface area contributed by atoms with Gasteiger partial charge in [0.2, 0.25) is 0 Å². The lowest BCUT2D eigenvalue weighted by molar-refractivity contribution is -0.145. The molecule has 0 radical (unpaired) electrons. The number of nitrogens with one attached hydrogen (secondary N) is 1. The summed E-state index contributed by atoms with van der Waals surface area (Å²) in [5.41, 5.74) is 1.05. The van der Waals surface area contributed by atoms with E-state index < -0.39 is 0 Å². The van der Waals surface area contributed by atoms with Gasteiger partial charge in [-0.05, 0) is 25.3 Å². The van der Waals surface area contributed by atoms with Crippen molar-refractivity contribution in [2.24, 2.45) is 12.5 Å². The molecule has 2 atom stereocenters. The summed E-state index contributed by atoms with van der Waals surface area (Å²) >= 11 is 0. The van der Waals surface area contributed by atoms with E-state index in [1.165, 1.54) is 0 Å². The van der Waals surface area contributed by atoms with Crippen LogP contribution in [0.4, 0.5) is 0 Å². The van der Waals surface area contributed by atoms with Gasteiger partial charge in [0.25, 0.3) is 5.91 Å². The van der Waals surface area contributed by atoms with E-state index in [0.717, 1.165) is 23.9 Å². The van der Waals surface area contributed by atoms with Gasteiger partial charge in [0.1, 0.15) is 0 Å². The first kappa shape index (κ1) is 14.6. The van der Waals surface area contributed by atoms with Gasteiger partial charge in [-0.15, -0.1) is 0 Å². The molecule has 2 N–H and O–H groups in total. The number of rotatable bonds is 2. The molecule has 122 valence electrons. The van der Waals surface area contributed by atoms with Gasteiger partial charge >= 0.3 is 0 Å². The fourth-order valence-corrected chi connectivity index (χ4v) is 3.81. The molecule has 2 aliphatic rings. The quantitative estimate of drug-likeness (QED) is 0.848. The predicted molar refractivity (Wildman–Crippen MR) is 82.9 cm³/mol. The molecule has 4 rings (SSSR count). The number of amides is 1. The Hall–Kier alpha value is -1.99. The molecule has 3 heterocycles. The molecule has 0 aromatic carbocycles. The average molecular weight is 316 g/mol. The molecule has 1 spiro atoms. The Bertz CT molecular complexity index is 751. The Morgan fingerprint density at radius 1 is 1.43 bits per heavy atom. The molecule has 1 amide bonds. The van der Waals surface area contributed by atoms with Gasteiger partial charge in [0, 0.05) is 43.3 Å². The van der Waals surface area contributed by atoms with E-state index in [0.29, 0.717) is 25.2 Å².